The quantitative estimate of drug-likeness (QED) is 0.479. The molecule has 3 amide bonds. The summed E-state index contributed by atoms with van der Waals surface area (Å²) in [5.74, 6) is -2.75. The molecule has 174 valence electrons. The molecule has 1 heterocycles. The third kappa shape index (κ3) is 6.36. The molecular weight excluding hydrogens is 451 g/mol. The normalized spacial score (nSPS) is 18.1. The molecule has 0 saturated carbocycles. The zero-order valence-corrected chi connectivity index (χ0v) is 18.7. The molecule has 10 heteroatoms. The van der Waals surface area contributed by atoms with Crippen LogP contribution in [0.5, 0.6) is 0 Å². The van der Waals surface area contributed by atoms with Gasteiger partial charge in [0, 0.05) is 23.0 Å². The second-order valence-electron chi connectivity index (χ2n) is 7.63. The highest BCUT2D eigenvalue weighted by atomic mass is 35.5. The van der Waals surface area contributed by atoms with E-state index in [0.717, 1.165) is 0 Å². The first kappa shape index (κ1) is 24.3. The van der Waals surface area contributed by atoms with Crippen molar-refractivity contribution in [2.75, 3.05) is 25.0 Å². The summed E-state index contributed by atoms with van der Waals surface area (Å²) in [6, 6.07) is 11.0. The lowest BCUT2D eigenvalue weighted by atomic mass is 9.87. The predicted octanol–water partition coefficient (Wildman–Crippen LogP) is 3.74. The Bertz CT molecular complexity index is 1060. The molecule has 0 aliphatic carbocycles. The van der Waals surface area contributed by atoms with Crippen LogP contribution < -0.4 is 10.6 Å². The van der Waals surface area contributed by atoms with E-state index in [1.165, 1.54) is 36.1 Å². The van der Waals surface area contributed by atoms with Gasteiger partial charge in [0.2, 0.25) is 5.91 Å². The van der Waals surface area contributed by atoms with Gasteiger partial charge in [-0.2, -0.15) is 0 Å². The van der Waals surface area contributed by atoms with Crippen molar-refractivity contribution in [2.45, 2.75) is 19.4 Å². The minimum atomic E-state index is -1.07. The maximum Gasteiger partial charge on any atom is 0.344 e. The SMILES string of the molecule is CC1=NC(=O)N(CCCNCC(=O)Nc2ccc(F)cc2)C(c2cccc(Cl)c2)C1C(=O)O. The monoisotopic (exact) mass is 474 g/mol. The van der Waals surface area contributed by atoms with Crippen molar-refractivity contribution < 1.29 is 23.9 Å². The van der Waals surface area contributed by atoms with E-state index in [9.17, 15) is 23.9 Å². The Morgan fingerprint density at radius 3 is 2.61 bits per heavy atom. The van der Waals surface area contributed by atoms with Crippen LogP contribution in [0.3, 0.4) is 0 Å². The van der Waals surface area contributed by atoms with Gasteiger partial charge in [-0.05, 0) is 61.9 Å². The van der Waals surface area contributed by atoms with E-state index in [4.69, 9.17) is 11.6 Å². The van der Waals surface area contributed by atoms with Gasteiger partial charge in [-0.3, -0.25) is 9.59 Å². The molecule has 0 bridgehead atoms. The highest BCUT2D eigenvalue weighted by Gasteiger charge is 2.42. The van der Waals surface area contributed by atoms with E-state index < -0.39 is 24.0 Å². The number of urea groups is 1. The molecule has 0 fully saturated rings. The van der Waals surface area contributed by atoms with Crippen molar-refractivity contribution in [3.05, 3.63) is 64.9 Å². The summed E-state index contributed by atoms with van der Waals surface area (Å²) in [5, 5.41) is 15.9. The second-order valence-corrected chi connectivity index (χ2v) is 8.07. The smallest absolute Gasteiger partial charge is 0.344 e. The van der Waals surface area contributed by atoms with Gasteiger partial charge in [-0.15, -0.1) is 0 Å². The zero-order chi connectivity index (χ0) is 24.0. The second kappa shape index (κ2) is 11.0. The van der Waals surface area contributed by atoms with Crippen LogP contribution in [0.4, 0.5) is 14.9 Å². The molecule has 2 aromatic rings. The first-order valence-electron chi connectivity index (χ1n) is 10.4. The van der Waals surface area contributed by atoms with Gasteiger partial charge < -0.3 is 20.6 Å². The number of anilines is 1. The van der Waals surface area contributed by atoms with Gasteiger partial charge in [-0.1, -0.05) is 23.7 Å². The van der Waals surface area contributed by atoms with Crippen LogP contribution in [0, 0.1) is 11.7 Å². The number of aliphatic imine (C=N–C) groups is 1. The average Bonchev–Trinajstić information content (AvgIpc) is 2.75. The van der Waals surface area contributed by atoms with Crippen molar-refractivity contribution >= 4 is 40.9 Å². The number of nitrogens with one attached hydrogen (secondary N) is 2. The third-order valence-electron chi connectivity index (χ3n) is 5.24. The Kier molecular flexibility index (Phi) is 8.13. The average molecular weight is 475 g/mol. The van der Waals surface area contributed by atoms with Crippen molar-refractivity contribution in [2.24, 2.45) is 10.9 Å². The van der Waals surface area contributed by atoms with Crippen LogP contribution in [-0.2, 0) is 9.59 Å². The number of rotatable bonds is 9. The molecule has 0 spiro atoms. The maximum absolute atomic E-state index is 12.9. The number of carboxylic acid groups (broad SMARTS) is 1. The number of carbonyl (C=O) groups excluding carboxylic acids is 2. The van der Waals surface area contributed by atoms with E-state index in [2.05, 4.69) is 15.6 Å². The van der Waals surface area contributed by atoms with Crippen LogP contribution in [-0.4, -0.2) is 53.3 Å². The molecule has 1 aliphatic heterocycles. The molecule has 3 rings (SSSR count). The molecule has 2 atom stereocenters. The fourth-order valence-corrected chi connectivity index (χ4v) is 3.94. The summed E-state index contributed by atoms with van der Waals surface area (Å²) in [5.41, 5.74) is 1.34. The topological polar surface area (TPSA) is 111 Å². The largest absolute Gasteiger partial charge is 0.481 e. The molecule has 3 N–H and O–H groups in total. The maximum atomic E-state index is 12.9. The zero-order valence-electron chi connectivity index (χ0n) is 17.9. The number of amides is 3. The third-order valence-corrected chi connectivity index (χ3v) is 5.48. The Labute approximate surface area is 195 Å². The standard InChI is InChI=1S/C23H24ClFN4O4/c1-14-20(22(31)32)21(15-4-2-5-16(24)12-15)29(23(33)27-14)11-3-10-26-13-19(30)28-18-8-6-17(25)7-9-18/h2,4-9,12,20-21,26H,3,10-11,13H2,1H3,(H,28,30)(H,31,32). The van der Waals surface area contributed by atoms with Crippen molar-refractivity contribution in [1.29, 1.82) is 0 Å². The number of carboxylic acids is 1. The molecule has 2 aromatic carbocycles. The summed E-state index contributed by atoms with van der Waals surface area (Å²) in [7, 11) is 0. The van der Waals surface area contributed by atoms with E-state index in [1.807, 2.05) is 0 Å². The molecule has 0 saturated heterocycles. The number of hydrogen-bond donors (Lipinski definition) is 3. The number of halogens is 2. The van der Waals surface area contributed by atoms with Gasteiger partial charge in [0.05, 0.1) is 12.6 Å². The van der Waals surface area contributed by atoms with E-state index >= 15 is 0 Å². The number of hydrogen-bond acceptors (Lipinski definition) is 4. The lowest BCUT2D eigenvalue weighted by molar-refractivity contribution is -0.141. The number of aliphatic carboxylic acids is 1. The molecule has 0 radical (unpaired) electrons. The van der Waals surface area contributed by atoms with Crippen LogP contribution in [0.25, 0.3) is 0 Å². The van der Waals surface area contributed by atoms with E-state index in [-0.39, 0.29) is 30.5 Å². The van der Waals surface area contributed by atoms with Gasteiger partial charge in [-0.25, -0.2) is 14.2 Å². The van der Waals surface area contributed by atoms with E-state index in [0.29, 0.717) is 29.2 Å². The summed E-state index contributed by atoms with van der Waals surface area (Å²) in [6.07, 6.45) is 0.466. The number of benzene rings is 2. The lowest BCUT2D eigenvalue weighted by Gasteiger charge is -2.38. The first-order valence-corrected chi connectivity index (χ1v) is 10.7. The Balaban J connectivity index is 1.59. The Hall–Kier alpha value is -3.30. The van der Waals surface area contributed by atoms with Crippen LogP contribution in [0.1, 0.15) is 24.9 Å². The minimum Gasteiger partial charge on any atom is -0.481 e. The van der Waals surface area contributed by atoms with Crippen molar-refractivity contribution in [3.63, 3.8) is 0 Å². The van der Waals surface area contributed by atoms with Crippen molar-refractivity contribution in [1.82, 2.24) is 10.2 Å². The molecule has 2 unspecified atom stereocenters. The first-order chi connectivity index (χ1) is 15.8. The van der Waals surface area contributed by atoms with Crippen LogP contribution in [0.15, 0.2) is 53.5 Å². The molecule has 0 aromatic heterocycles. The number of carbonyl (C=O) groups is 3. The Morgan fingerprint density at radius 1 is 1.21 bits per heavy atom. The Morgan fingerprint density at radius 2 is 1.94 bits per heavy atom. The van der Waals surface area contributed by atoms with E-state index in [1.54, 1.807) is 24.3 Å². The van der Waals surface area contributed by atoms with Gasteiger partial charge in [0.15, 0.2) is 0 Å². The summed E-state index contributed by atoms with van der Waals surface area (Å²) < 4.78 is 12.9. The van der Waals surface area contributed by atoms with Gasteiger partial charge in [0.1, 0.15) is 11.7 Å². The fraction of sp³-hybridized carbons (Fsp3) is 0.304. The van der Waals surface area contributed by atoms with Crippen molar-refractivity contribution in [3.8, 4) is 0 Å². The number of nitrogens with zero attached hydrogens (tertiary/aromatic N) is 2. The molecule has 8 nitrogen and oxygen atoms in total. The predicted molar refractivity (Wildman–Crippen MR) is 123 cm³/mol. The molecular formula is C23H24ClFN4O4. The lowest BCUT2D eigenvalue weighted by Crippen LogP contribution is -2.47. The highest BCUT2D eigenvalue weighted by molar-refractivity contribution is 6.30. The summed E-state index contributed by atoms with van der Waals surface area (Å²) >= 11 is 6.11. The van der Waals surface area contributed by atoms with Crippen LogP contribution >= 0.6 is 11.6 Å². The summed E-state index contributed by atoms with van der Waals surface area (Å²) in [6.45, 7) is 2.21. The highest BCUT2D eigenvalue weighted by Crippen LogP contribution is 2.35. The molecule has 1 aliphatic rings. The minimum absolute atomic E-state index is 0.0258. The van der Waals surface area contributed by atoms with Crippen LogP contribution in [0.2, 0.25) is 5.02 Å². The molecule has 33 heavy (non-hydrogen) atoms. The van der Waals surface area contributed by atoms with Gasteiger partial charge >= 0.3 is 12.0 Å². The fourth-order valence-electron chi connectivity index (χ4n) is 3.74. The summed E-state index contributed by atoms with van der Waals surface area (Å²) in [4.78, 5) is 42.0. The van der Waals surface area contributed by atoms with Gasteiger partial charge in [0.25, 0.3) is 0 Å².